The van der Waals surface area contributed by atoms with Gasteiger partial charge in [-0.2, -0.15) is 4.98 Å². The molecular weight excluding hydrogens is 268 g/mol. The van der Waals surface area contributed by atoms with Crippen LogP contribution >= 0.6 is 0 Å². The van der Waals surface area contributed by atoms with Crippen LogP contribution < -0.4 is 4.74 Å². The van der Waals surface area contributed by atoms with E-state index >= 15 is 0 Å². The Morgan fingerprint density at radius 1 is 1.14 bits per heavy atom. The van der Waals surface area contributed by atoms with E-state index < -0.39 is 0 Å². The average Bonchev–Trinajstić information content (AvgIpc) is 2.97. The van der Waals surface area contributed by atoms with Gasteiger partial charge < -0.3 is 13.7 Å². The highest BCUT2D eigenvalue weighted by Gasteiger charge is 2.45. The Morgan fingerprint density at radius 3 is 2.86 bits per heavy atom. The summed E-state index contributed by atoms with van der Waals surface area (Å²) in [5, 5.41) is 4.08. The Morgan fingerprint density at radius 2 is 2.05 bits per heavy atom. The van der Waals surface area contributed by atoms with E-state index in [9.17, 15) is 0 Å². The van der Waals surface area contributed by atoms with Gasteiger partial charge in [-0.15, -0.1) is 0 Å². The van der Waals surface area contributed by atoms with Gasteiger partial charge in [-0.05, 0) is 30.7 Å². The van der Waals surface area contributed by atoms with Crippen LogP contribution in [0.5, 0.6) is 5.75 Å². The fourth-order valence-corrected chi connectivity index (χ4v) is 2.61. The molecule has 5 heteroatoms. The van der Waals surface area contributed by atoms with Crippen molar-refractivity contribution in [2.24, 2.45) is 0 Å². The Labute approximate surface area is 121 Å². The first-order valence-corrected chi connectivity index (χ1v) is 6.87. The molecule has 2 unspecified atom stereocenters. The largest absolute Gasteiger partial charge is 0.496 e. The van der Waals surface area contributed by atoms with Gasteiger partial charge in [-0.25, -0.2) is 0 Å². The van der Waals surface area contributed by atoms with E-state index in [1.807, 2.05) is 36.4 Å². The summed E-state index contributed by atoms with van der Waals surface area (Å²) in [6.07, 6.45) is 2.68. The second-order valence-electron chi connectivity index (χ2n) is 5.12. The van der Waals surface area contributed by atoms with Crippen molar-refractivity contribution in [3.05, 3.63) is 54.3 Å². The van der Waals surface area contributed by atoms with Gasteiger partial charge in [0.15, 0.2) is 0 Å². The van der Waals surface area contributed by atoms with Crippen molar-refractivity contribution in [1.29, 1.82) is 0 Å². The lowest BCUT2D eigenvalue weighted by atomic mass is 10.2. The predicted molar refractivity (Wildman–Crippen MR) is 75.1 cm³/mol. The molecule has 1 aromatic carbocycles. The van der Waals surface area contributed by atoms with Gasteiger partial charge >= 0.3 is 0 Å². The van der Waals surface area contributed by atoms with Crippen molar-refractivity contribution in [1.82, 2.24) is 10.1 Å². The molecule has 0 aliphatic heterocycles. The third-order valence-electron chi connectivity index (χ3n) is 3.81. The van der Waals surface area contributed by atoms with Crippen molar-refractivity contribution >= 4 is 0 Å². The van der Waals surface area contributed by atoms with Crippen LogP contribution in [0.15, 0.2) is 51.6 Å². The first-order chi connectivity index (χ1) is 10.4. The summed E-state index contributed by atoms with van der Waals surface area (Å²) in [5.41, 5.74) is 0.838. The van der Waals surface area contributed by atoms with Crippen LogP contribution in [0.25, 0.3) is 11.4 Å². The number of furan rings is 1. The number of nitrogens with zero attached hydrogens (tertiary/aromatic N) is 2. The van der Waals surface area contributed by atoms with E-state index in [4.69, 9.17) is 13.7 Å². The van der Waals surface area contributed by atoms with Crippen LogP contribution in [0.4, 0.5) is 0 Å². The Balaban J connectivity index is 1.60. The summed E-state index contributed by atoms with van der Waals surface area (Å²) in [4.78, 5) is 4.51. The van der Waals surface area contributed by atoms with Gasteiger partial charge in [0, 0.05) is 11.8 Å². The smallest absolute Gasteiger partial charge is 0.230 e. The number of rotatable bonds is 4. The van der Waals surface area contributed by atoms with Crippen LogP contribution in [0.1, 0.15) is 29.9 Å². The Kier molecular flexibility index (Phi) is 2.77. The number of para-hydroxylation sites is 1. The van der Waals surface area contributed by atoms with E-state index in [0.717, 1.165) is 23.5 Å². The third kappa shape index (κ3) is 2.11. The van der Waals surface area contributed by atoms with Gasteiger partial charge in [0.05, 0.1) is 18.9 Å². The molecule has 1 fully saturated rings. The van der Waals surface area contributed by atoms with Crippen LogP contribution in [-0.2, 0) is 0 Å². The molecule has 1 saturated carbocycles. The number of aromatic nitrogens is 2. The molecule has 106 valence electrons. The number of methoxy groups -OCH3 is 1. The molecular formula is C16H14N2O3. The lowest BCUT2D eigenvalue weighted by Crippen LogP contribution is -1.89. The van der Waals surface area contributed by atoms with Crippen LogP contribution in [0, 0.1) is 0 Å². The second kappa shape index (κ2) is 4.77. The van der Waals surface area contributed by atoms with Gasteiger partial charge in [0.2, 0.25) is 11.7 Å². The summed E-state index contributed by atoms with van der Waals surface area (Å²) in [5.74, 6) is 3.56. The maximum atomic E-state index is 5.43. The lowest BCUT2D eigenvalue weighted by Gasteiger charge is -2.02. The molecule has 2 atom stereocenters. The molecule has 2 heterocycles. The number of benzene rings is 1. The molecule has 0 radical (unpaired) electrons. The zero-order chi connectivity index (χ0) is 14.2. The minimum atomic E-state index is 0.257. The fourth-order valence-electron chi connectivity index (χ4n) is 2.61. The topological polar surface area (TPSA) is 61.3 Å². The molecule has 0 bridgehead atoms. The maximum absolute atomic E-state index is 5.43. The highest BCUT2D eigenvalue weighted by atomic mass is 16.5. The summed E-state index contributed by atoms with van der Waals surface area (Å²) >= 11 is 0. The normalized spacial score (nSPS) is 20.4. The summed E-state index contributed by atoms with van der Waals surface area (Å²) in [6, 6.07) is 11.5. The molecule has 5 nitrogen and oxygen atoms in total. The van der Waals surface area contributed by atoms with E-state index in [1.165, 1.54) is 0 Å². The highest BCUT2D eigenvalue weighted by Crippen LogP contribution is 2.54. The first-order valence-electron chi connectivity index (χ1n) is 6.87. The summed E-state index contributed by atoms with van der Waals surface area (Å²) in [6.45, 7) is 0. The first kappa shape index (κ1) is 12.2. The summed E-state index contributed by atoms with van der Waals surface area (Å²) < 4.78 is 16.2. The van der Waals surface area contributed by atoms with Gasteiger partial charge in [0.25, 0.3) is 0 Å². The molecule has 2 aromatic heterocycles. The van der Waals surface area contributed by atoms with Gasteiger partial charge in [0.1, 0.15) is 11.5 Å². The fraction of sp³-hybridized carbons (Fsp3) is 0.250. The molecule has 0 amide bonds. The monoisotopic (exact) mass is 282 g/mol. The lowest BCUT2D eigenvalue weighted by molar-refractivity contribution is 0.375. The molecule has 4 rings (SSSR count). The van der Waals surface area contributed by atoms with Crippen molar-refractivity contribution in [3.63, 3.8) is 0 Å². The minimum absolute atomic E-state index is 0.257. The maximum Gasteiger partial charge on any atom is 0.230 e. The van der Waals surface area contributed by atoms with Crippen LogP contribution in [0.3, 0.4) is 0 Å². The SMILES string of the molecule is COc1ccccc1-c1noc(C2CC2c2ccco2)n1. The third-order valence-corrected chi connectivity index (χ3v) is 3.81. The number of hydrogen-bond donors (Lipinski definition) is 0. The van der Waals surface area contributed by atoms with Gasteiger partial charge in [-0.3, -0.25) is 0 Å². The molecule has 0 spiro atoms. The standard InChI is InChI=1S/C16H14N2O3/c1-19-13-6-3-2-5-10(13)15-17-16(21-18-15)12-9-11(12)14-7-4-8-20-14/h2-8,11-12H,9H2,1H3. The molecule has 0 saturated heterocycles. The molecule has 0 N–H and O–H groups in total. The molecule has 3 aromatic rings. The zero-order valence-corrected chi connectivity index (χ0v) is 11.5. The predicted octanol–water partition coefficient (Wildman–Crippen LogP) is 3.61. The second-order valence-corrected chi connectivity index (χ2v) is 5.12. The van der Waals surface area contributed by atoms with Crippen molar-refractivity contribution < 1.29 is 13.7 Å². The number of ether oxygens (including phenoxy) is 1. The van der Waals surface area contributed by atoms with Crippen LogP contribution in [0.2, 0.25) is 0 Å². The summed E-state index contributed by atoms with van der Waals surface area (Å²) in [7, 11) is 1.63. The Bertz CT molecular complexity index is 748. The molecule has 21 heavy (non-hydrogen) atoms. The van der Waals surface area contributed by atoms with Crippen molar-refractivity contribution in [2.75, 3.05) is 7.11 Å². The number of hydrogen-bond acceptors (Lipinski definition) is 5. The quantitative estimate of drug-likeness (QED) is 0.731. The molecule has 1 aliphatic rings. The Hall–Kier alpha value is -2.56. The minimum Gasteiger partial charge on any atom is -0.496 e. The van der Waals surface area contributed by atoms with E-state index in [0.29, 0.717) is 17.6 Å². The molecule has 1 aliphatic carbocycles. The average molecular weight is 282 g/mol. The van der Waals surface area contributed by atoms with E-state index in [-0.39, 0.29) is 5.92 Å². The van der Waals surface area contributed by atoms with Crippen molar-refractivity contribution in [3.8, 4) is 17.1 Å². The van der Waals surface area contributed by atoms with E-state index in [1.54, 1.807) is 13.4 Å². The van der Waals surface area contributed by atoms with Crippen molar-refractivity contribution in [2.45, 2.75) is 18.3 Å². The van der Waals surface area contributed by atoms with Gasteiger partial charge in [-0.1, -0.05) is 17.3 Å². The highest BCUT2D eigenvalue weighted by molar-refractivity contribution is 5.63. The van der Waals surface area contributed by atoms with E-state index in [2.05, 4.69) is 10.1 Å². The zero-order valence-electron chi connectivity index (χ0n) is 11.5. The van der Waals surface area contributed by atoms with Crippen LogP contribution in [-0.4, -0.2) is 17.3 Å².